The van der Waals surface area contributed by atoms with Crippen molar-refractivity contribution in [2.24, 2.45) is 0 Å². The first-order valence-electron chi connectivity index (χ1n) is 7.30. The minimum Gasteiger partial charge on any atom is -0.388 e. The number of nitrogens with zero attached hydrogens (tertiary/aromatic N) is 1. The van der Waals surface area contributed by atoms with Crippen LogP contribution in [0.3, 0.4) is 0 Å². The van der Waals surface area contributed by atoms with Crippen molar-refractivity contribution in [3.05, 3.63) is 0 Å². The SMILES string of the molecule is CC(=O)N1CCC(O)(CNC2CCCCC2)CC1. The maximum Gasteiger partial charge on any atom is 0.219 e. The average molecular weight is 254 g/mol. The third-order valence-electron chi connectivity index (χ3n) is 4.46. The summed E-state index contributed by atoms with van der Waals surface area (Å²) in [4.78, 5) is 13.1. The largest absolute Gasteiger partial charge is 0.388 e. The van der Waals surface area contributed by atoms with Gasteiger partial charge in [-0.2, -0.15) is 0 Å². The van der Waals surface area contributed by atoms with Crippen molar-refractivity contribution >= 4 is 5.91 Å². The molecular weight excluding hydrogens is 228 g/mol. The molecule has 4 heteroatoms. The van der Waals surface area contributed by atoms with Gasteiger partial charge in [0.05, 0.1) is 5.60 Å². The lowest BCUT2D eigenvalue weighted by atomic mass is 9.89. The van der Waals surface area contributed by atoms with Crippen molar-refractivity contribution in [3.63, 3.8) is 0 Å². The van der Waals surface area contributed by atoms with Crippen LogP contribution in [0.1, 0.15) is 51.9 Å². The summed E-state index contributed by atoms with van der Waals surface area (Å²) in [5.41, 5.74) is -0.608. The number of carbonyl (C=O) groups is 1. The normalized spacial score (nSPS) is 25.1. The van der Waals surface area contributed by atoms with Gasteiger partial charge in [-0.05, 0) is 25.7 Å². The van der Waals surface area contributed by atoms with Gasteiger partial charge in [0.2, 0.25) is 5.91 Å². The molecule has 2 fully saturated rings. The number of amides is 1. The van der Waals surface area contributed by atoms with Crippen LogP contribution in [-0.2, 0) is 4.79 Å². The van der Waals surface area contributed by atoms with E-state index in [9.17, 15) is 9.90 Å². The topological polar surface area (TPSA) is 52.6 Å². The van der Waals surface area contributed by atoms with Crippen molar-refractivity contribution in [2.45, 2.75) is 63.5 Å². The Morgan fingerprint density at radius 1 is 1.28 bits per heavy atom. The Labute approximate surface area is 110 Å². The number of hydrogen-bond donors (Lipinski definition) is 2. The van der Waals surface area contributed by atoms with E-state index in [0.717, 1.165) is 0 Å². The Kier molecular flexibility index (Phi) is 4.62. The van der Waals surface area contributed by atoms with Crippen LogP contribution in [0.4, 0.5) is 0 Å². The van der Waals surface area contributed by atoms with E-state index in [1.807, 2.05) is 4.90 Å². The van der Waals surface area contributed by atoms with Gasteiger partial charge in [-0.1, -0.05) is 19.3 Å². The second kappa shape index (κ2) is 6.02. The summed E-state index contributed by atoms with van der Waals surface area (Å²) in [6.45, 7) is 3.67. The second-order valence-electron chi connectivity index (χ2n) is 5.95. The quantitative estimate of drug-likeness (QED) is 0.798. The number of piperidine rings is 1. The van der Waals surface area contributed by atoms with Gasteiger partial charge in [-0.25, -0.2) is 0 Å². The van der Waals surface area contributed by atoms with Gasteiger partial charge >= 0.3 is 0 Å². The zero-order valence-corrected chi connectivity index (χ0v) is 11.5. The number of rotatable bonds is 3. The van der Waals surface area contributed by atoms with E-state index in [1.165, 1.54) is 32.1 Å². The molecule has 0 radical (unpaired) electrons. The molecular formula is C14H26N2O2. The van der Waals surface area contributed by atoms with E-state index in [4.69, 9.17) is 0 Å². The molecule has 0 atom stereocenters. The van der Waals surface area contributed by atoms with Crippen LogP contribution < -0.4 is 5.32 Å². The lowest BCUT2D eigenvalue weighted by Crippen LogP contribution is -2.52. The monoisotopic (exact) mass is 254 g/mol. The molecule has 1 aliphatic carbocycles. The van der Waals surface area contributed by atoms with Crippen LogP contribution in [0, 0.1) is 0 Å². The summed E-state index contributed by atoms with van der Waals surface area (Å²) in [6, 6.07) is 0.591. The number of hydrogen-bond acceptors (Lipinski definition) is 3. The molecule has 2 rings (SSSR count). The standard InChI is InChI=1S/C14H26N2O2/c1-12(17)16-9-7-14(18,8-10-16)11-15-13-5-3-2-4-6-13/h13,15,18H,2-11H2,1H3. The molecule has 0 aromatic rings. The van der Waals surface area contributed by atoms with Crippen LogP contribution in [0.15, 0.2) is 0 Å². The van der Waals surface area contributed by atoms with Crippen molar-refractivity contribution < 1.29 is 9.90 Å². The molecule has 1 saturated heterocycles. The minimum absolute atomic E-state index is 0.122. The van der Waals surface area contributed by atoms with E-state index < -0.39 is 5.60 Å². The van der Waals surface area contributed by atoms with Gasteiger partial charge < -0.3 is 15.3 Å². The first kappa shape index (κ1) is 13.8. The van der Waals surface area contributed by atoms with E-state index in [1.54, 1.807) is 6.92 Å². The summed E-state index contributed by atoms with van der Waals surface area (Å²) >= 11 is 0. The van der Waals surface area contributed by atoms with Gasteiger partial charge in [0.25, 0.3) is 0 Å². The predicted molar refractivity (Wildman–Crippen MR) is 71.3 cm³/mol. The maximum atomic E-state index is 11.2. The predicted octanol–water partition coefficient (Wildman–Crippen LogP) is 1.28. The number of aliphatic hydroxyl groups is 1. The van der Waals surface area contributed by atoms with Gasteiger partial charge in [-0.15, -0.1) is 0 Å². The van der Waals surface area contributed by atoms with Crippen LogP contribution >= 0.6 is 0 Å². The molecule has 18 heavy (non-hydrogen) atoms. The van der Waals surface area contributed by atoms with Crippen LogP contribution in [0.2, 0.25) is 0 Å². The molecule has 0 spiro atoms. The van der Waals surface area contributed by atoms with Crippen molar-refractivity contribution in [1.29, 1.82) is 0 Å². The Morgan fingerprint density at radius 3 is 2.44 bits per heavy atom. The van der Waals surface area contributed by atoms with E-state index in [0.29, 0.717) is 38.5 Å². The molecule has 0 aromatic carbocycles. The molecule has 4 nitrogen and oxygen atoms in total. The maximum absolute atomic E-state index is 11.2. The van der Waals surface area contributed by atoms with E-state index >= 15 is 0 Å². The second-order valence-corrected chi connectivity index (χ2v) is 5.95. The highest BCUT2D eigenvalue weighted by Crippen LogP contribution is 2.23. The fourth-order valence-electron chi connectivity index (χ4n) is 3.06. The summed E-state index contributed by atoms with van der Waals surface area (Å²) in [6.07, 6.45) is 7.88. The van der Waals surface area contributed by atoms with Crippen molar-refractivity contribution in [1.82, 2.24) is 10.2 Å². The zero-order valence-electron chi connectivity index (χ0n) is 11.5. The third kappa shape index (κ3) is 3.69. The molecule has 0 aromatic heterocycles. The summed E-state index contributed by atoms with van der Waals surface area (Å²) in [5.74, 6) is 0.122. The smallest absolute Gasteiger partial charge is 0.219 e. The highest BCUT2D eigenvalue weighted by atomic mass is 16.3. The molecule has 2 N–H and O–H groups in total. The Bertz CT molecular complexity index is 280. The summed E-state index contributed by atoms with van der Waals surface area (Å²) < 4.78 is 0. The molecule has 1 amide bonds. The number of likely N-dealkylation sites (tertiary alicyclic amines) is 1. The van der Waals surface area contributed by atoms with Crippen LogP contribution in [-0.4, -0.2) is 47.2 Å². The highest BCUT2D eigenvalue weighted by Gasteiger charge is 2.33. The lowest BCUT2D eigenvalue weighted by Gasteiger charge is -2.39. The molecule has 104 valence electrons. The fourth-order valence-corrected chi connectivity index (χ4v) is 3.06. The minimum atomic E-state index is -0.608. The first-order valence-corrected chi connectivity index (χ1v) is 7.30. The summed E-state index contributed by atoms with van der Waals surface area (Å²) in [7, 11) is 0. The molecule has 1 aliphatic heterocycles. The molecule has 0 unspecified atom stereocenters. The number of nitrogens with one attached hydrogen (secondary N) is 1. The summed E-state index contributed by atoms with van der Waals surface area (Å²) in [5, 5.41) is 14.0. The Morgan fingerprint density at radius 2 is 1.89 bits per heavy atom. The van der Waals surface area contributed by atoms with Crippen molar-refractivity contribution in [2.75, 3.05) is 19.6 Å². The first-order chi connectivity index (χ1) is 8.59. The van der Waals surface area contributed by atoms with E-state index in [2.05, 4.69) is 5.32 Å². The van der Waals surface area contributed by atoms with Crippen LogP contribution in [0.25, 0.3) is 0 Å². The van der Waals surface area contributed by atoms with Crippen molar-refractivity contribution in [3.8, 4) is 0 Å². The molecule has 0 bridgehead atoms. The molecule has 1 heterocycles. The third-order valence-corrected chi connectivity index (χ3v) is 4.46. The Hall–Kier alpha value is -0.610. The molecule has 2 aliphatic rings. The van der Waals surface area contributed by atoms with Crippen LogP contribution in [0.5, 0.6) is 0 Å². The fraction of sp³-hybridized carbons (Fsp3) is 0.929. The average Bonchev–Trinajstić information content (AvgIpc) is 2.38. The zero-order chi connectivity index (χ0) is 13.0. The highest BCUT2D eigenvalue weighted by molar-refractivity contribution is 5.73. The van der Waals surface area contributed by atoms with Gasteiger partial charge in [0.1, 0.15) is 0 Å². The van der Waals surface area contributed by atoms with Gasteiger partial charge in [0, 0.05) is 32.6 Å². The van der Waals surface area contributed by atoms with E-state index in [-0.39, 0.29) is 5.91 Å². The van der Waals surface area contributed by atoms with Gasteiger partial charge in [-0.3, -0.25) is 4.79 Å². The lowest BCUT2D eigenvalue weighted by molar-refractivity contribution is -0.133. The Balaban J connectivity index is 1.73. The number of carbonyl (C=O) groups excluding carboxylic acids is 1. The van der Waals surface area contributed by atoms with Gasteiger partial charge in [0.15, 0.2) is 0 Å². The molecule has 1 saturated carbocycles.